The first-order valence-electron chi connectivity index (χ1n) is 5.68. The number of hydrogen-bond donors (Lipinski definition) is 1. The van der Waals surface area contributed by atoms with E-state index in [0.717, 1.165) is 5.56 Å². The lowest BCUT2D eigenvalue weighted by Crippen LogP contribution is -2.29. The predicted octanol–water partition coefficient (Wildman–Crippen LogP) is 2.22. The molecule has 2 heterocycles. The molecule has 0 aliphatic heterocycles. The van der Waals surface area contributed by atoms with Crippen molar-refractivity contribution in [2.75, 3.05) is 5.73 Å². The Morgan fingerprint density at radius 2 is 1.83 bits per heavy atom. The molecule has 0 radical (unpaired) electrons. The molecule has 2 N–H and O–H groups in total. The monoisotopic (exact) mass is 241 g/mol. The molecule has 2 rings (SSSR count). The van der Waals surface area contributed by atoms with Gasteiger partial charge in [-0.2, -0.15) is 0 Å². The SMILES string of the molecule is CC(C)(C(=O)c1ccc(N)cn1)c1ccncc1. The molecule has 0 atom stereocenters. The number of nitrogen functional groups attached to an aromatic ring is 1. The fourth-order valence-corrected chi connectivity index (χ4v) is 1.76. The Hall–Kier alpha value is -2.23. The molecule has 0 aliphatic carbocycles. The fourth-order valence-electron chi connectivity index (χ4n) is 1.76. The van der Waals surface area contributed by atoms with E-state index in [1.807, 2.05) is 26.0 Å². The van der Waals surface area contributed by atoms with E-state index >= 15 is 0 Å². The molecule has 0 aromatic carbocycles. The van der Waals surface area contributed by atoms with Gasteiger partial charge in [-0.3, -0.25) is 14.8 Å². The van der Waals surface area contributed by atoms with Crippen molar-refractivity contribution in [2.24, 2.45) is 0 Å². The first kappa shape index (κ1) is 12.2. The first-order valence-corrected chi connectivity index (χ1v) is 5.68. The lowest BCUT2D eigenvalue weighted by Gasteiger charge is -2.22. The van der Waals surface area contributed by atoms with Gasteiger partial charge in [-0.25, -0.2) is 0 Å². The van der Waals surface area contributed by atoms with Gasteiger partial charge in [0, 0.05) is 12.4 Å². The minimum absolute atomic E-state index is 0.0336. The van der Waals surface area contributed by atoms with Crippen LogP contribution in [0.5, 0.6) is 0 Å². The summed E-state index contributed by atoms with van der Waals surface area (Å²) < 4.78 is 0. The quantitative estimate of drug-likeness (QED) is 0.836. The lowest BCUT2D eigenvalue weighted by molar-refractivity contribution is 0.0903. The van der Waals surface area contributed by atoms with Gasteiger partial charge in [-0.05, 0) is 43.7 Å². The summed E-state index contributed by atoms with van der Waals surface area (Å²) in [6.45, 7) is 3.76. The van der Waals surface area contributed by atoms with Gasteiger partial charge in [-0.1, -0.05) is 0 Å². The topological polar surface area (TPSA) is 68.9 Å². The number of carbonyl (C=O) groups is 1. The van der Waals surface area contributed by atoms with Gasteiger partial charge in [0.05, 0.1) is 17.3 Å². The van der Waals surface area contributed by atoms with Crippen molar-refractivity contribution in [3.8, 4) is 0 Å². The predicted molar refractivity (Wildman–Crippen MR) is 70.2 cm³/mol. The molecule has 0 saturated heterocycles. The van der Waals surface area contributed by atoms with Crippen LogP contribution in [0.1, 0.15) is 29.9 Å². The average molecular weight is 241 g/mol. The summed E-state index contributed by atoms with van der Waals surface area (Å²) in [6, 6.07) is 7.02. The van der Waals surface area contributed by atoms with Crippen molar-refractivity contribution in [1.82, 2.24) is 9.97 Å². The summed E-state index contributed by atoms with van der Waals surface area (Å²) >= 11 is 0. The highest BCUT2D eigenvalue weighted by atomic mass is 16.1. The summed E-state index contributed by atoms with van der Waals surface area (Å²) in [5, 5.41) is 0. The smallest absolute Gasteiger partial charge is 0.191 e. The fraction of sp³-hybridized carbons (Fsp3) is 0.214. The van der Waals surface area contributed by atoms with Crippen molar-refractivity contribution < 1.29 is 4.79 Å². The normalized spacial score (nSPS) is 11.2. The van der Waals surface area contributed by atoms with Gasteiger partial charge >= 0.3 is 0 Å². The van der Waals surface area contributed by atoms with Gasteiger partial charge in [0.25, 0.3) is 0 Å². The van der Waals surface area contributed by atoms with Crippen molar-refractivity contribution >= 4 is 11.5 Å². The van der Waals surface area contributed by atoms with Crippen LogP contribution in [-0.4, -0.2) is 15.8 Å². The maximum atomic E-state index is 12.5. The van der Waals surface area contributed by atoms with E-state index in [4.69, 9.17) is 5.73 Å². The molecule has 4 nitrogen and oxygen atoms in total. The molecule has 92 valence electrons. The van der Waals surface area contributed by atoms with Crippen molar-refractivity contribution in [3.05, 3.63) is 54.1 Å². The third kappa shape index (κ3) is 2.22. The van der Waals surface area contributed by atoms with E-state index in [2.05, 4.69) is 9.97 Å². The second kappa shape index (κ2) is 4.56. The minimum Gasteiger partial charge on any atom is -0.397 e. The summed E-state index contributed by atoms with van der Waals surface area (Å²) in [5.41, 5.74) is 6.82. The van der Waals surface area contributed by atoms with Crippen LogP contribution >= 0.6 is 0 Å². The first-order chi connectivity index (χ1) is 8.51. The summed E-state index contributed by atoms with van der Waals surface area (Å²) in [4.78, 5) is 20.5. The van der Waals surface area contributed by atoms with Gasteiger partial charge in [0.2, 0.25) is 0 Å². The highest BCUT2D eigenvalue weighted by Gasteiger charge is 2.31. The van der Waals surface area contributed by atoms with Crippen LogP contribution in [0, 0.1) is 0 Å². The zero-order valence-electron chi connectivity index (χ0n) is 10.4. The van der Waals surface area contributed by atoms with Gasteiger partial charge in [0.15, 0.2) is 5.78 Å². The lowest BCUT2D eigenvalue weighted by atomic mass is 9.80. The Balaban J connectivity index is 2.36. The standard InChI is InChI=1S/C14H15N3O/c1-14(2,10-5-7-16-8-6-10)13(18)12-4-3-11(15)9-17-12/h3-9H,15H2,1-2H3. The van der Waals surface area contributed by atoms with Crippen LogP contribution < -0.4 is 5.73 Å². The van der Waals surface area contributed by atoms with Crippen molar-refractivity contribution in [3.63, 3.8) is 0 Å². The van der Waals surface area contributed by atoms with Crippen molar-refractivity contribution in [1.29, 1.82) is 0 Å². The molecule has 2 aromatic heterocycles. The zero-order valence-corrected chi connectivity index (χ0v) is 10.4. The number of nitrogens with two attached hydrogens (primary N) is 1. The molecule has 0 spiro atoms. The number of rotatable bonds is 3. The zero-order chi connectivity index (χ0) is 13.2. The van der Waals surface area contributed by atoms with Crippen molar-refractivity contribution in [2.45, 2.75) is 19.3 Å². The number of Topliss-reactive ketones (excluding diaryl/α,β-unsaturated/α-hetero) is 1. The molecular formula is C14H15N3O. The van der Waals surface area contributed by atoms with Crippen LogP contribution in [0.3, 0.4) is 0 Å². The van der Waals surface area contributed by atoms with Crippen LogP contribution in [0.25, 0.3) is 0 Å². The number of nitrogens with zero attached hydrogens (tertiary/aromatic N) is 2. The van der Waals surface area contributed by atoms with Crippen LogP contribution in [-0.2, 0) is 5.41 Å². The summed E-state index contributed by atoms with van der Waals surface area (Å²) in [6.07, 6.45) is 4.86. The Labute approximate surface area is 106 Å². The highest BCUT2D eigenvalue weighted by Crippen LogP contribution is 2.26. The van der Waals surface area contributed by atoms with E-state index in [0.29, 0.717) is 11.4 Å². The highest BCUT2D eigenvalue weighted by molar-refractivity contribution is 6.02. The number of hydrogen-bond acceptors (Lipinski definition) is 4. The Morgan fingerprint density at radius 1 is 1.17 bits per heavy atom. The molecular weight excluding hydrogens is 226 g/mol. The molecule has 18 heavy (non-hydrogen) atoms. The molecule has 0 fully saturated rings. The summed E-state index contributed by atoms with van der Waals surface area (Å²) in [5.74, 6) is -0.0336. The van der Waals surface area contributed by atoms with Crippen LogP contribution in [0.4, 0.5) is 5.69 Å². The molecule has 4 heteroatoms. The third-order valence-corrected chi connectivity index (χ3v) is 2.99. The Morgan fingerprint density at radius 3 is 2.39 bits per heavy atom. The van der Waals surface area contributed by atoms with Crippen LogP contribution in [0.15, 0.2) is 42.9 Å². The molecule has 2 aromatic rings. The second-order valence-corrected chi connectivity index (χ2v) is 4.67. The second-order valence-electron chi connectivity index (χ2n) is 4.67. The number of carbonyl (C=O) groups excluding carboxylic acids is 1. The average Bonchev–Trinajstić information content (AvgIpc) is 2.40. The largest absolute Gasteiger partial charge is 0.397 e. The van der Waals surface area contributed by atoms with E-state index in [9.17, 15) is 4.79 Å². The molecule has 0 amide bonds. The van der Waals surface area contributed by atoms with E-state index in [-0.39, 0.29) is 5.78 Å². The number of ketones is 1. The minimum atomic E-state index is -0.633. The number of anilines is 1. The number of pyridine rings is 2. The Kier molecular flexibility index (Phi) is 3.10. The summed E-state index contributed by atoms with van der Waals surface area (Å²) in [7, 11) is 0. The maximum Gasteiger partial charge on any atom is 0.191 e. The third-order valence-electron chi connectivity index (χ3n) is 2.99. The molecule has 0 saturated carbocycles. The van der Waals surface area contributed by atoms with Gasteiger partial charge < -0.3 is 5.73 Å². The molecule has 0 bridgehead atoms. The molecule has 0 unspecified atom stereocenters. The van der Waals surface area contributed by atoms with Gasteiger partial charge in [-0.15, -0.1) is 0 Å². The van der Waals surface area contributed by atoms with Crippen LogP contribution in [0.2, 0.25) is 0 Å². The Bertz CT molecular complexity index is 547. The van der Waals surface area contributed by atoms with E-state index in [1.165, 1.54) is 6.20 Å². The maximum absolute atomic E-state index is 12.5. The van der Waals surface area contributed by atoms with E-state index < -0.39 is 5.41 Å². The van der Waals surface area contributed by atoms with Gasteiger partial charge in [0.1, 0.15) is 5.69 Å². The van der Waals surface area contributed by atoms with E-state index in [1.54, 1.807) is 24.5 Å². The number of aromatic nitrogens is 2. The molecule has 0 aliphatic rings.